The molecule has 1 atom stereocenters. The normalized spacial score (nSPS) is 14.3. The highest BCUT2D eigenvalue weighted by molar-refractivity contribution is 7.95. The van der Waals surface area contributed by atoms with Gasteiger partial charge in [0.1, 0.15) is 11.5 Å². The maximum Gasteiger partial charge on any atom is 0.416 e. The van der Waals surface area contributed by atoms with Crippen molar-refractivity contribution in [2.45, 2.75) is 13.1 Å². The molecule has 2 aromatic rings. The molecule has 9 heteroatoms. The maximum absolute atomic E-state index is 12.6. The molecule has 0 saturated carbocycles. The highest BCUT2D eigenvalue weighted by Gasteiger charge is 2.31. The Balaban J connectivity index is 2.36. The van der Waals surface area contributed by atoms with E-state index >= 15 is 0 Å². The Hall–Kier alpha value is -0.870. The fourth-order valence-electron chi connectivity index (χ4n) is 1.87. The summed E-state index contributed by atoms with van der Waals surface area (Å²) in [6.07, 6.45) is -4.30. The van der Waals surface area contributed by atoms with E-state index in [0.29, 0.717) is 0 Å². The molecular weight excluding hydrogens is 406 g/mol. The number of alkyl halides is 3. The molecule has 0 spiro atoms. The molecule has 130 valence electrons. The molecule has 0 radical (unpaired) electrons. The first-order chi connectivity index (χ1) is 11.0. The van der Waals surface area contributed by atoms with Crippen LogP contribution in [0.1, 0.15) is 12.5 Å². The van der Waals surface area contributed by atoms with Gasteiger partial charge in [0.2, 0.25) is 0 Å². The van der Waals surface area contributed by atoms with Gasteiger partial charge in [0, 0.05) is 11.5 Å². The van der Waals surface area contributed by atoms with Crippen LogP contribution in [0.3, 0.4) is 0 Å². The molecule has 1 unspecified atom stereocenters. The van der Waals surface area contributed by atoms with Crippen LogP contribution in [0.2, 0.25) is 10.0 Å². The molecule has 24 heavy (non-hydrogen) atoms. The maximum atomic E-state index is 12.6. The van der Waals surface area contributed by atoms with Crippen molar-refractivity contribution < 1.29 is 22.5 Å². The molecular formula is C15H11Cl3F3O2P. The van der Waals surface area contributed by atoms with Crippen molar-refractivity contribution >= 4 is 46.2 Å². The number of halogens is 6. The second-order valence-electron chi connectivity index (χ2n) is 4.83. The van der Waals surface area contributed by atoms with Crippen LogP contribution in [0.15, 0.2) is 36.4 Å². The molecule has 0 amide bonds. The number of ether oxygens (including phenoxy) is 1. The van der Waals surface area contributed by atoms with E-state index in [0.717, 1.165) is 18.2 Å². The molecule has 0 aliphatic rings. The number of rotatable bonds is 4. The quantitative estimate of drug-likeness (QED) is 0.502. The molecule has 0 saturated heterocycles. The minimum absolute atomic E-state index is 0.0267. The highest BCUT2D eigenvalue weighted by Crippen LogP contribution is 2.51. The fourth-order valence-corrected chi connectivity index (χ4v) is 4.22. The van der Waals surface area contributed by atoms with E-state index in [1.807, 2.05) is 0 Å². The third kappa shape index (κ3) is 4.40. The first-order valence-electron chi connectivity index (χ1n) is 6.68. The predicted molar refractivity (Wildman–Crippen MR) is 91.6 cm³/mol. The van der Waals surface area contributed by atoms with Crippen molar-refractivity contribution in [3.8, 4) is 11.5 Å². The Morgan fingerprint density at radius 2 is 1.75 bits per heavy atom. The van der Waals surface area contributed by atoms with E-state index in [2.05, 4.69) is 0 Å². The predicted octanol–water partition coefficient (Wildman–Crippen LogP) is 6.97. The lowest BCUT2D eigenvalue weighted by atomic mass is 10.2. The Bertz CT molecular complexity index is 809. The summed E-state index contributed by atoms with van der Waals surface area (Å²) >= 11 is 17.8. The van der Waals surface area contributed by atoms with Crippen molar-refractivity contribution in [1.29, 1.82) is 0 Å². The zero-order valence-electron chi connectivity index (χ0n) is 12.2. The van der Waals surface area contributed by atoms with Crippen LogP contribution in [0.25, 0.3) is 0 Å². The van der Waals surface area contributed by atoms with Crippen LogP contribution in [-0.4, -0.2) is 6.16 Å². The average Bonchev–Trinajstić information content (AvgIpc) is 2.50. The zero-order valence-corrected chi connectivity index (χ0v) is 15.4. The summed E-state index contributed by atoms with van der Waals surface area (Å²) in [6, 6.07) is 7.07. The van der Waals surface area contributed by atoms with Crippen LogP contribution in [0.4, 0.5) is 13.2 Å². The van der Waals surface area contributed by atoms with Gasteiger partial charge in [0.15, 0.2) is 6.49 Å². The van der Waals surface area contributed by atoms with Crippen molar-refractivity contribution in [1.82, 2.24) is 0 Å². The summed E-state index contributed by atoms with van der Waals surface area (Å²) in [4.78, 5) is 0. The van der Waals surface area contributed by atoms with Gasteiger partial charge in [-0.25, -0.2) is 0 Å². The van der Waals surface area contributed by atoms with Crippen LogP contribution < -0.4 is 10.0 Å². The van der Waals surface area contributed by atoms with Crippen LogP contribution in [-0.2, 0) is 10.7 Å². The molecule has 0 fully saturated rings. The van der Waals surface area contributed by atoms with E-state index in [1.54, 1.807) is 6.92 Å². The minimum atomic E-state index is -4.50. The summed E-state index contributed by atoms with van der Waals surface area (Å²) in [7, 11) is 0. The molecule has 0 aliphatic carbocycles. The largest absolute Gasteiger partial charge is 0.456 e. The summed E-state index contributed by atoms with van der Waals surface area (Å²) in [5.74, 6) is 0.240. The summed E-state index contributed by atoms with van der Waals surface area (Å²) in [5, 5.41) is 0.251. The lowest BCUT2D eigenvalue weighted by Gasteiger charge is -2.14. The smallest absolute Gasteiger partial charge is 0.416 e. The van der Waals surface area contributed by atoms with Crippen molar-refractivity contribution in [2.24, 2.45) is 0 Å². The SMILES string of the molecule is CCP(=O)(Cl)c1cc(Oc2ccc(C(F)(F)F)cc2Cl)ccc1Cl. The Morgan fingerprint density at radius 3 is 2.29 bits per heavy atom. The molecule has 0 aliphatic heterocycles. The van der Waals surface area contributed by atoms with Crippen molar-refractivity contribution in [3.63, 3.8) is 0 Å². The van der Waals surface area contributed by atoms with E-state index in [4.69, 9.17) is 39.2 Å². The van der Waals surface area contributed by atoms with Gasteiger partial charge in [-0.2, -0.15) is 13.2 Å². The third-order valence-corrected chi connectivity index (χ3v) is 7.09. The zero-order chi connectivity index (χ0) is 18.1. The average molecular weight is 418 g/mol. The lowest BCUT2D eigenvalue weighted by Crippen LogP contribution is -2.06. The molecule has 0 bridgehead atoms. The molecule has 2 nitrogen and oxygen atoms in total. The Labute approximate surface area is 151 Å². The highest BCUT2D eigenvalue weighted by atomic mass is 35.7. The van der Waals surface area contributed by atoms with Gasteiger partial charge >= 0.3 is 6.18 Å². The summed E-state index contributed by atoms with van der Waals surface area (Å²) in [5.41, 5.74) is -0.882. The summed E-state index contributed by atoms with van der Waals surface area (Å²) in [6.45, 7) is -1.50. The monoisotopic (exact) mass is 416 g/mol. The van der Waals surface area contributed by atoms with Crippen molar-refractivity contribution in [2.75, 3.05) is 6.16 Å². The number of hydrogen-bond donors (Lipinski definition) is 0. The van der Waals surface area contributed by atoms with Crippen molar-refractivity contribution in [3.05, 3.63) is 52.0 Å². The fraction of sp³-hybridized carbons (Fsp3) is 0.200. The molecule has 0 N–H and O–H groups in total. The van der Waals surface area contributed by atoms with Gasteiger partial charge in [0.05, 0.1) is 15.6 Å². The topological polar surface area (TPSA) is 26.3 Å². The van der Waals surface area contributed by atoms with E-state index < -0.39 is 18.2 Å². The van der Waals surface area contributed by atoms with E-state index in [1.165, 1.54) is 18.2 Å². The van der Waals surface area contributed by atoms with Gasteiger partial charge < -0.3 is 9.30 Å². The van der Waals surface area contributed by atoms with Gasteiger partial charge in [0.25, 0.3) is 0 Å². The number of hydrogen-bond acceptors (Lipinski definition) is 2. The van der Waals surface area contributed by atoms with Gasteiger partial charge in [-0.15, -0.1) is 0 Å². The van der Waals surface area contributed by atoms with Gasteiger partial charge in [-0.1, -0.05) is 30.1 Å². The van der Waals surface area contributed by atoms with Crippen LogP contribution in [0, 0.1) is 0 Å². The Kier molecular flexibility index (Phi) is 5.81. The minimum Gasteiger partial charge on any atom is -0.456 e. The third-order valence-electron chi connectivity index (χ3n) is 3.17. The van der Waals surface area contributed by atoms with Crippen LogP contribution in [0.5, 0.6) is 11.5 Å². The second-order valence-corrected chi connectivity index (χ2v) is 9.70. The molecule has 0 heterocycles. The molecule has 2 rings (SSSR count). The molecule has 2 aromatic carbocycles. The first-order valence-corrected chi connectivity index (χ1v) is 10.2. The Morgan fingerprint density at radius 1 is 1.08 bits per heavy atom. The van der Waals surface area contributed by atoms with E-state index in [-0.39, 0.29) is 33.0 Å². The second kappa shape index (κ2) is 7.17. The number of benzene rings is 2. The first kappa shape index (κ1) is 19.5. The molecule has 0 aromatic heterocycles. The van der Waals surface area contributed by atoms with E-state index in [9.17, 15) is 17.7 Å². The van der Waals surface area contributed by atoms with Crippen LogP contribution >= 0.6 is 40.9 Å². The lowest BCUT2D eigenvalue weighted by molar-refractivity contribution is -0.137. The van der Waals surface area contributed by atoms with Gasteiger partial charge in [-0.3, -0.25) is 0 Å². The summed E-state index contributed by atoms with van der Waals surface area (Å²) < 4.78 is 55.7. The van der Waals surface area contributed by atoms with Gasteiger partial charge in [-0.05, 0) is 47.6 Å². The standard InChI is InChI=1S/C15H11Cl3F3O2P/c1-2-24(18,22)14-8-10(4-5-11(14)16)23-13-6-3-9(7-12(13)17)15(19,20)21/h3-8H,2H2,1H3.